The Labute approximate surface area is 168 Å². The van der Waals surface area contributed by atoms with E-state index in [9.17, 15) is 4.79 Å². The number of carbonyl (C=O) groups is 1. The molecule has 1 aromatic carbocycles. The van der Waals surface area contributed by atoms with Gasteiger partial charge < -0.3 is 14.7 Å². The Morgan fingerprint density at radius 1 is 1.11 bits per heavy atom. The van der Waals surface area contributed by atoms with Crippen LogP contribution in [0.4, 0.5) is 5.82 Å². The monoisotopic (exact) mass is 429 g/mol. The molecular weight excluding hydrogens is 406 g/mol. The fourth-order valence-corrected chi connectivity index (χ4v) is 4.17. The van der Waals surface area contributed by atoms with E-state index >= 15 is 0 Å². The van der Waals surface area contributed by atoms with Crippen LogP contribution in [0.1, 0.15) is 27.4 Å². The van der Waals surface area contributed by atoms with Crippen molar-refractivity contribution in [3.05, 3.63) is 51.4 Å². The van der Waals surface area contributed by atoms with Crippen molar-refractivity contribution < 1.29 is 4.79 Å². The quantitative estimate of drug-likeness (QED) is 0.733. The number of halogens is 1. The maximum atomic E-state index is 13.0. The smallest absolute Gasteiger partial charge is 0.254 e. The second kappa shape index (κ2) is 7.56. The van der Waals surface area contributed by atoms with Gasteiger partial charge in [0.05, 0.1) is 12.2 Å². The molecule has 0 unspecified atom stereocenters. The van der Waals surface area contributed by atoms with E-state index in [0.717, 1.165) is 60.0 Å². The number of hydrogen-bond donors (Lipinski definition) is 0. The lowest BCUT2D eigenvalue weighted by atomic mass is 10.0. The van der Waals surface area contributed by atoms with Gasteiger partial charge in [0.15, 0.2) is 0 Å². The average Bonchev–Trinajstić information content (AvgIpc) is 2.67. The largest absolute Gasteiger partial charge is 0.354 e. The Balaban J connectivity index is 1.62. The summed E-state index contributed by atoms with van der Waals surface area (Å²) in [5, 5.41) is 0. The zero-order valence-electron chi connectivity index (χ0n) is 15.8. The summed E-state index contributed by atoms with van der Waals surface area (Å²) in [6.45, 7) is 7.19. The normalized spacial score (nSPS) is 17.7. The van der Waals surface area contributed by atoms with Gasteiger partial charge in [-0.3, -0.25) is 4.79 Å². The van der Waals surface area contributed by atoms with Crippen LogP contribution >= 0.6 is 15.9 Å². The van der Waals surface area contributed by atoms with Crippen molar-refractivity contribution in [2.45, 2.75) is 19.9 Å². The van der Waals surface area contributed by atoms with E-state index in [-0.39, 0.29) is 5.91 Å². The highest BCUT2D eigenvalue weighted by Crippen LogP contribution is 2.28. The van der Waals surface area contributed by atoms with Crippen molar-refractivity contribution in [1.29, 1.82) is 0 Å². The maximum absolute atomic E-state index is 13.0. The molecule has 1 aromatic heterocycles. The first-order valence-corrected chi connectivity index (χ1v) is 10.2. The highest BCUT2D eigenvalue weighted by Gasteiger charge is 2.28. The minimum atomic E-state index is 0.0619. The number of likely N-dealkylation sites (N-methyl/N-ethyl adjacent to an activating group) is 1. The Hall–Kier alpha value is -1.99. The first-order chi connectivity index (χ1) is 13.0. The van der Waals surface area contributed by atoms with E-state index in [4.69, 9.17) is 4.98 Å². The highest BCUT2D eigenvalue weighted by atomic mass is 79.9. The molecule has 0 N–H and O–H groups in total. The van der Waals surface area contributed by atoms with Gasteiger partial charge in [0.1, 0.15) is 11.6 Å². The molecule has 7 heteroatoms. The van der Waals surface area contributed by atoms with E-state index < -0.39 is 0 Å². The molecule has 3 heterocycles. The van der Waals surface area contributed by atoms with Crippen LogP contribution in [0, 0.1) is 6.92 Å². The number of anilines is 1. The molecule has 2 aromatic rings. The molecule has 0 spiro atoms. The molecule has 2 aliphatic heterocycles. The highest BCUT2D eigenvalue weighted by molar-refractivity contribution is 9.10. The maximum Gasteiger partial charge on any atom is 0.254 e. The van der Waals surface area contributed by atoms with Crippen molar-refractivity contribution in [3.8, 4) is 0 Å². The molecule has 0 bridgehead atoms. The fourth-order valence-electron chi connectivity index (χ4n) is 3.77. The van der Waals surface area contributed by atoms with Gasteiger partial charge in [-0.15, -0.1) is 0 Å². The standard InChI is InChI=1S/C20H24BrN5O/c1-14-22-18-6-7-26(20(27)15-4-3-5-16(21)12-15)13-17(18)19(23-14)25-10-8-24(2)9-11-25/h3-5,12H,6-11,13H2,1-2H3. The van der Waals surface area contributed by atoms with Gasteiger partial charge in [-0.1, -0.05) is 22.0 Å². The number of amides is 1. The van der Waals surface area contributed by atoms with Crippen LogP contribution in [-0.4, -0.2) is 65.4 Å². The summed E-state index contributed by atoms with van der Waals surface area (Å²) in [6.07, 6.45) is 0.777. The van der Waals surface area contributed by atoms with Crippen LogP contribution in [0.5, 0.6) is 0 Å². The molecule has 2 aliphatic rings. The molecule has 1 saturated heterocycles. The van der Waals surface area contributed by atoms with Gasteiger partial charge in [-0.25, -0.2) is 9.97 Å². The summed E-state index contributed by atoms with van der Waals surface area (Å²) in [5.41, 5.74) is 2.91. The topological polar surface area (TPSA) is 52.6 Å². The van der Waals surface area contributed by atoms with Gasteiger partial charge >= 0.3 is 0 Å². The third-order valence-corrected chi connectivity index (χ3v) is 5.81. The van der Waals surface area contributed by atoms with Crippen LogP contribution in [0.15, 0.2) is 28.7 Å². The van der Waals surface area contributed by atoms with Gasteiger partial charge in [0.25, 0.3) is 5.91 Å². The van der Waals surface area contributed by atoms with Crippen LogP contribution in [0.2, 0.25) is 0 Å². The van der Waals surface area contributed by atoms with E-state index in [0.29, 0.717) is 18.7 Å². The molecule has 1 amide bonds. The van der Waals surface area contributed by atoms with E-state index in [1.165, 1.54) is 0 Å². The number of rotatable bonds is 2. The minimum absolute atomic E-state index is 0.0619. The fraction of sp³-hybridized carbons (Fsp3) is 0.450. The van der Waals surface area contributed by atoms with Crippen molar-refractivity contribution in [2.75, 3.05) is 44.7 Å². The number of aryl methyl sites for hydroxylation is 1. The molecule has 0 aliphatic carbocycles. The zero-order chi connectivity index (χ0) is 19.0. The van der Waals surface area contributed by atoms with Crippen molar-refractivity contribution in [3.63, 3.8) is 0 Å². The minimum Gasteiger partial charge on any atom is -0.354 e. The van der Waals surface area contributed by atoms with Gasteiger partial charge in [0, 0.05) is 54.7 Å². The number of hydrogen-bond acceptors (Lipinski definition) is 5. The van der Waals surface area contributed by atoms with E-state index in [1.54, 1.807) is 0 Å². The van der Waals surface area contributed by atoms with Crippen LogP contribution < -0.4 is 4.90 Å². The lowest BCUT2D eigenvalue weighted by molar-refractivity contribution is 0.0733. The van der Waals surface area contributed by atoms with Gasteiger partial charge in [-0.05, 0) is 32.2 Å². The summed E-state index contributed by atoms with van der Waals surface area (Å²) in [6, 6.07) is 7.59. The van der Waals surface area contributed by atoms with E-state index in [2.05, 4.69) is 37.8 Å². The third-order valence-electron chi connectivity index (χ3n) is 5.31. The Kier molecular flexibility index (Phi) is 5.14. The van der Waals surface area contributed by atoms with Gasteiger partial charge in [-0.2, -0.15) is 0 Å². The SMILES string of the molecule is Cc1nc2c(c(N3CCN(C)CC3)n1)CN(C(=O)c1cccc(Br)c1)CC2. The predicted molar refractivity (Wildman–Crippen MR) is 109 cm³/mol. The summed E-state index contributed by atoms with van der Waals surface area (Å²) < 4.78 is 0.919. The second-order valence-electron chi connectivity index (χ2n) is 7.30. The molecule has 4 rings (SSSR count). The molecule has 27 heavy (non-hydrogen) atoms. The number of carbonyl (C=O) groups excluding carboxylic acids is 1. The summed E-state index contributed by atoms with van der Waals surface area (Å²) in [7, 11) is 2.15. The number of aromatic nitrogens is 2. The molecule has 1 fully saturated rings. The number of piperazine rings is 1. The third kappa shape index (κ3) is 3.84. The summed E-state index contributed by atoms with van der Waals surface area (Å²) in [4.78, 5) is 29.0. The Bertz CT molecular complexity index is 863. The first kappa shape index (κ1) is 18.4. The zero-order valence-corrected chi connectivity index (χ0v) is 17.4. The molecule has 142 valence electrons. The van der Waals surface area contributed by atoms with Crippen molar-refractivity contribution in [1.82, 2.24) is 19.8 Å². The molecule has 6 nitrogen and oxygen atoms in total. The molecular formula is C20H24BrN5O. The summed E-state index contributed by atoms with van der Waals surface area (Å²) >= 11 is 3.46. The first-order valence-electron chi connectivity index (χ1n) is 9.36. The second-order valence-corrected chi connectivity index (χ2v) is 8.21. The average molecular weight is 430 g/mol. The lowest BCUT2D eigenvalue weighted by Crippen LogP contribution is -2.46. The number of benzene rings is 1. The predicted octanol–water partition coefficient (Wildman–Crippen LogP) is 2.50. The Morgan fingerprint density at radius 3 is 2.63 bits per heavy atom. The van der Waals surface area contributed by atoms with Gasteiger partial charge in [0.2, 0.25) is 0 Å². The Morgan fingerprint density at radius 2 is 1.89 bits per heavy atom. The molecule has 0 atom stereocenters. The number of fused-ring (bicyclic) bond motifs is 1. The molecule has 0 saturated carbocycles. The molecule has 0 radical (unpaired) electrons. The van der Waals surface area contributed by atoms with Crippen LogP contribution in [0.3, 0.4) is 0 Å². The number of nitrogens with zero attached hydrogens (tertiary/aromatic N) is 5. The lowest BCUT2D eigenvalue weighted by Gasteiger charge is -2.37. The van der Waals surface area contributed by atoms with Crippen LogP contribution in [-0.2, 0) is 13.0 Å². The van der Waals surface area contributed by atoms with E-state index in [1.807, 2.05) is 36.1 Å². The van der Waals surface area contributed by atoms with Crippen LogP contribution in [0.25, 0.3) is 0 Å². The van der Waals surface area contributed by atoms with Crippen molar-refractivity contribution >= 4 is 27.7 Å². The van der Waals surface area contributed by atoms with Crippen molar-refractivity contribution in [2.24, 2.45) is 0 Å². The summed E-state index contributed by atoms with van der Waals surface area (Å²) in [5.74, 6) is 1.89.